The normalized spacial score (nSPS) is 10.6. The molecule has 0 radical (unpaired) electrons. The van der Waals surface area contributed by atoms with E-state index in [2.05, 4.69) is 11.7 Å². The van der Waals surface area contributed by atoms with Gasteiger partial charge in [0.1, 0.15) is 30.1 Å². The first-order chi connectivity index (χ1) is 13.5. The van der Waals surface area contributed by atoms with Crippen LogP contribution in [0.2, 0.25) is 10.0 Å². The molecule has 0 aromatic heterocycles. The Morgan fingerprint density at radius 1 is 1.00 bits per heavy atom. The van der Waals surface area contributed by atoms with E-state index in [-0.39, 0.29) is 11.1 Å². The van der Waals surface area contributed by atoms with Crippen molar-refractivity contribution in [3.63, 3.8) is 0 Å². The molecule has 148 valence electrons. The van der Waals surface area contributed by atoms with Crippen LogP contribution < -0.4 is 9.47 Å². The molecule has 0 aliphatic carbocycles. The van der Waals surface area contributed by atoms with Gasteiger partial charge in [-0.15, -0.1) is 0 Å². The highest BCUT2D eigenvalue weighted by Crippen LogP contribution is 2.37. The predicted octanol–water partition coefficient (Wildman–Crippen LogP) is 6.81. The van der Waals surface area contributed by atoms with E-state index >= 15 is 0 Å². The second-order valence-corrected chi connectivity index (χ2v) is 7.19. The topological polar surface area (TPSA) is 40.0 Å². The van der Waals surface area contributed by atoms with Gasteiger partial charge in [-0.25, -0.2) is 0 Å². The molecule has 8 heteroatoms. The van der Waals surface area contributed by atoms with E-state index in [1.54, 1.807) is 24.4 Å². The van der Waals surface area contributed by atoms with Gasteiger partial charge in [-0.3, -0.25) is 0 Å². The number of rotatable bonds is 10. The summed E-state index contributed by atoms with van der Waals surface area (Å²) < 4.78 is 11.3. The number of hydrogen-bond acceptors (Lipinski definition) is 4. The van der Waals surface area contributed by atoms with Gasteiger partial charge in [0.2, 0.25) is 0 Å². The molecule has 2 rings (SSSR count). The molecule has 2 aromatic carbocycles. The molecular weight excluding hydrogens is 444 g/mol. The SMILES string of the molecule is C=CCON=Cc1ccc(COc2c(Cl)cc(OCC=C(Cl)Cl)cc2Cl)cc1. The monoisotopic (exact) mass is 459 g/mol. The lowest BCUT2D eigenvalue weighted by Crippen LogP contribution is -1.99. The van der Waals surface area contributed by atoms with Crippen LogP contribution in [-0.4, -0.2) is 19.4 Å². The molecule has 0 spiro atoms. The minimum absolute atomic E-state index is 0.124. The summed E-state index contributed by atoms with van der Waals surface area (Å²) in [5.41, 5.74) is 1.84. The van der Waals surface area contributed by atoms with Crippen LogP contribution in [0.25, 0.3) is 0 Å². The largest absolute Gasteiger partial charge is 0.489 e. The molecule has 0 atom stereocenters. The fourth-order valence-corrected chi connectivity index (χ4v) is 2.71. The fourth-order valence-electron chi connectivity index (χ4n) is 2.01. The number of oxime groups is 1. The minimum atomic E-state index is 0.124. The number of nitrogens with zero attached hydrogens (tertiary/aromatic N) is 1. The average Bonchev–Trinajstić information content (AvgIpc) is 2.65. The highest BCUT2D eigenvalue weighted by Gasteiger charge is 2.11. The zero-order valence-electron chi connectivity index (χ0n) is 14.7. The molecule has 0 aliphatic heterocycles. The number of ether oxygens (including phenoxy) is 2. The van der Waals surface area contributed by atoms with Crippen molar-refractivity contribution in [2.75, 3.05) is 13.2 Å². The van der Waals surface area contributed by atoms with E-state index in [0.717, 1.165) is 11.1 Å². The summed E-state index contributed by atoms with van der Waals surface area (Å²) in [6.45, 7) is 4.41. The average molecular weight is 461 g/mol. The Bertz CT molecular complexity index is 824. The molecule has 0 amide bonds. The van der Waals surface area contributed by atoms with Gasteiger partial charge >= 0.3 is 0 Å². The maximum Gasteiger partial charge on any atom is 0.157 e. The second kappa shape index (κ2) is 11.9. The molecule has 4 nitrogen and oxygen atoms in total. The highest BCUT2D eigenvalue weighted by molar-refractivity contribution is 6.55. The standard InChI is InChI=1S/C20H17Cl4NO3/c1-2-8-28-25-12-14-3-5-15(6-4-14)13-27-20-17(21)10-16(11-18(20)22)26-9-7-19(23)24/h2-7,10-12H,1,8-9,13H2. The fraction of sp³-hybridized carbons (Fsp3) is 0.150. The predicted molar refractivity (Wildman–Crippen MR) is 116 cm³/mol. The van der Waals surface area contributed by atoms with E-state index < -0.39 is 0 Å². The van der Waals surface area contributed by atoms with Crippen LogP contribution in [-0.2, 0) is 11.4 Å². The summed E-state index contributed by atoms with van der Waals surface area (Å²) in [7, 11) is 0. The van der Waals surface area contributed by atoms with Gasteiger partial charge in [-0.05, 0) is 17.2 Å². The molecule has 0 unspecified atom stereocenters. The maximum atomic E-state index is 6.26. The number of hydrogen-bond donors (Lipinski definition) is 0. The van der Waals surface area contributed by atoms with E-state index in [1.165, 1.54) is 6.08 Å². The zero-order valence-corrected chi connectivity index (χ0v) is 17.7. The zero-order chi connectivity index (χ0) is 20.4. The molecule has 2 aromatic rings. The number of halogens is 4. The Morgan fingerprint density at radius 2 is 1.68 bits per heavy atom. The van der Waals surface area contributed by atoms with Crippen molar-refractivity contribution in [2.45, 2.75) is 6.61 Å². The Hall–Kier alpha value is -1.85. The quantitative estimate of drug-likeness (QED) is 0.169. The van der Waals surface area contributed by atoms with Crippen LogP contribution in [0.15, 0.2) is 64.8 Å². The third-order valence-corrected chi connectivity index (χ3v) is 4.16. The van der Waals surface area contributed by atoms with Crippen molar-refractivity contribution in [1.82, 2.24) is 0 Å². The Balaban J connectivity index is 1.95. The summed E-state index contributed by atoms with van der Waals surface area (Å²) in [6, 6.07) is 10.8. The van der Waals surface area contributed by atoms with Crippen LogP contribution in [0.1, 0.15) is 11.1 Å². The minimum Gasteiger partial charge on any atom is -0.489 e. The van der Waals surface area contributed by atoms with Gasteiger partial charge in [-0.2, -0.15) is 0 Å². The summed E-state index contributed by atoms with van der Waals surface area (Å²) >= 11 is 23.6. The van der Waals surface area contributed by atoms with Crippen molar-refractivity contribution in [1.29, 1.82) is 0 Å². The van der Waals surface area contributed by atoms with Crippen molar-refractivity contribution in [2.24, 2.45) is 5.16 Å². The van der Waals surface area contributed by atoms with E-state index in [4.69, 9.17) is 60.7 Å². The molecule has 28 heavy (non-hydrogen) atoms. The first-order valence-corrected chi connectivity index (χ1v) is 9.61. The molecular formula is C20H17Cl4NO3. The van der Waals surface area contributed by atoms with E-state index in [1.807, 2.05) is 24.3 Å². The first kappa shape index (κ1) is 22.4. The Morgan fingerprint density at radius 3 is 2.29 bits per heavy atom. The highest BCUT2D eigenvalue weighted by atomic mass is 35.5. The van der Waals surface area contributed by atoms with Crippen LogP contribution in [0, 0.1) is 0 Å². The molecule has 0 saturated carbocycles. The van der Waals surface area contributed by atoms with Crippen molar-refractivity contribution < 1.29 is 14.3 Å². The molecule has 0 aliphatic rings. The van der Waals surface area contributed by atoms with Crippen molar-refractivity contribution in [3.05, 3.63) is 80.8 Å². The third kappa shape index (κ3) is 7.64. The van der Waals surface area contributed by atoms with Crippen molar-refractivity contribution >= 4 is 52.6 Å². The molecule has 0 bridgehead atoms. The summed E-state index contributed by atoms with van der Waals surface area (Å²) in [6.07, 6.45) is 4.75. The Labute approximate surface area is 183 Å². The van der Waals surface area contributed by atoms with Gasteiger partial charge in [0.25, 0.3) is 0 Å². The van der Waals surface area contributed by atoms with Crippen LogP contribution in [0.3, 0.4) is 0 Å². The lowest BCUT2D eigenvalue weighted by atomic mass is 10.1. The van der Waals surface area contributed by atoms with Gasteiger partial charge in [-0.1, -0.05) is 88.5 Å². The van der Waals surface area contributed by atoms with Gasteiger partial charge in [0.15, 0.2) is 5.75 Å². The van der Waals surface area contributed by atoms with E-state index in [0.29, 0.717) is 34.8 Å². The number of benzene rings is 2. The molecule has 0 N–H and O–H groups in total. The third-order valence-electron chi connectivity index (χ3n) is 3.29. The molecule has 0 saturated heterocycles. The second-order valence-electron chi connectivity index (χ2n) is 5.37. The van der Waals surface area contributed by atoms with Gasteiger partial charge in [0, 0.05) is 12.1 Å². The summed E-state index contributed by atoms with van der Waals surface area (Å²) in [4.78, 5) is 4.97. The van der Waals surface area contributed by atoms with E-state index in [9.17, 15) is 0 Å². The first-order valence-electron chi connectivity index (χ1n) is 8.10. The van der Waals surface area contributed by atoms with Gasteiger partial charge < -0.3 is 14.3 Å². The lowest BCUT2D eigenvalue weighted by Gasteiger charge is -2.12. The molecule has 0 heterocycles. The molecule has 0 fully saturated rings. The van der Waals surface area contributed by atoms with Crippen LogP contribution in [0.4, 0.5) is 0 Å². The summed E-state index contributed by atoms with van der Waals surface area (Å²) in [5.74, 6) is 0.862. The lowest BCUT2D eigenvalue weighted by molar-refractivity contribution is 0.176. The summed E-state index contributed by atoms with van der Waals surface area (Å²) in [5, 5.41) is 4.50. The van der Waals surface area contributed by atoms with Crippen molar-refractivity contribution in [3.8, 4) is 11.5 Å². The smallest absolute Gasteiger partial charge is 0.157 e. The maximum absolute atomic E-state index is 6.26. The van der Waals surface area contributed by atoms with Crippen LogP contribution in [0.5, 0.6) is 11.5 Å². The van der Waals surface area contributed by atoms with Gasteiger partial charge in [0.05, 0.1) is 16.3 Å². The van der Waals surface area contributed by atoms with Crippen LogP contribution >= 0.6 is 46.4 Å². The Kier molecular flexibility index (Phi) is 9.51.